The largest absolute Gasteiger partial charge is 0.349 e. The van der Waals surface area contributed by atoms with Crippen molar-refractivity contribution in [3.05, 3.63) is 29.1 Å². The predicted octanol–water partition coefficient (Wildman–Crippen LogP) is 2.82. The van der Waals surface area contributed by atoms with Gasteiger partial charge in [0.25, 0.3) is 0 Å². The lowest BCUT2D eigenvalue weighted by Gasteiger charge is -2.22. The molecule has 0 saturated heterocycles. The van der Waals surface area contributed by atoms with Crippen LogP contribution in [0.3, 0.4) is 0 Å². The summed E-state index contributed by atoms with van der Waals surface area (Å²) in [5, 5.41) is 7.72. The van der Waals surface area contributed by atoms with Crippen LogP contribution in [0.15, 0.2) is 12.2 Å². The van der Waals surface area contributed by atoms with Crippen LogP contribution in [0.5, 0.6) is 0 Å². The average molecular weight is 299 g/mol. The molecule has 0 unspecified atom stereocenters. The summed E-state index contributed by atoms with van der Waals surface area (Å²) in [7, 11) is 1.96. The zero-order chi connectivity index (χ0) is 15.6. The highest BCUT2D eigenvalue weighted by Gasteiger charge is 2.64. The highest BCUT2D eigenvalue weighted by atomic mass is 16.2. The van der Waals surface area contributed by atoms with E-state index >= 15 is 0 Å². The number of carbonyl (C=O) groups excluding carboxylic acids is 1. The summed E-state index contributed by atoms with van der Waals surface area (Å²) in [6.07, 6.45) is 8.35. The summed E-state index contributed by atoms with van der Waals surface area (Å²) in [4.78, 5) is 12.8. The number of aryl methyl sites for hydroxylation is 2. The molecule has 0 aliphatic heterocycles. The van der Waals surface area contributed by atoms with Gasteiger partial charge in [0.2, 0.25) is 5.91 Å². The van der Waals surface area contributed by atoms with Crippen molar-refractivity contribution < 1.29 is 4.79 Å². The molecule has 2 fully saturated rings. The third kappa shape index (κ3) is 1.76. The Morgan fingerprint density at radius 2 is 2.14 bits per heavy atom. The van der Waals surface area contributed by atoms with Gasteiger partial charge in [-0.1, -0.05) is 12.2 Å². The van der Waals surface area contributed by atoms with Gasteiger partial charge in [0, 0.05) is 24.2 Å². The Hall–Kier alpha value is -1.58. The van der Waals surface area contributed by atoms with Gasteiger partial charge in [0.05, 0.1) is 11.7 Å². The molecule has 3 aliphatic carbocycles. The van der Waals surface area contributed by atoms with Crippen LogP contribution in [0.25, 0.3) is 0 Å². The van der Waals surface area contributed by atoms with Gasteiger partial charge >= 0.3 is 0 Å². The molecule has 22 heavy (non-hydrogen) atoms. The van der Waals surface area contributed by atoms with Crippen molar-refractivity contribution in [2.75, 3.05) is 0 Å². The monoisotopic (exact) mass is 299 g/mol. The number of amides is 1. The summed E-state index contributed by atoms with van der Waals surface area (Å²) >= 11 is 0. The smallest absolute Gasteiger partial charge is 0.224 e. The average Bonchev–Trinajstić information content (AvgIpc) is 3.05. The fourth-order valence-electron chi connectivity index (χ4n) is 5.08. The van der Waals surface area contributed by atoms with E-state index in [1.165, 1.54) is 12.8 Å². The second kappa shape index (κ2) is 4.46. The topological polar surface area (TPSA) is 46.9 Å². The van der Waals surface area contributed by atoms with Gasteiger partial charge < -0.3 is 5.32 Å². The van der Waals surface area contributed by atoms with Crippen LogP contribution in [-0.2, 0) is 11.8 Å². The first kappa shape index (κ1) is 14.0. The fraction of sp³-hybridized carbons (Fsp3) is 0.667. The fourth-order valence-corrected chi connectivity index (χ4v) is 5.08. The van der Waals surface area contributed by atoms with E-state index in [-0.39, 0.29) is 17.9 Å². The summed E-state index contributed by atoms with van der Waals surface area (Å²) < 4.78 is 1.90. The molecule has 1 heterocycles. The zero-order valence-corrected chi connectivity index (χ0v) is 13.9. The van der Waals surface area contributed by atoms with Crippen molar-refractivity contribution in [3.63, 3.8) is 0 Å². The Labute approximate surface area is 132 Å². The molecule has 2 bridgehead atoms. The Bertz CT molecular complexity index is 668. The van der Waals surface area contributed by atoms with Crippen LogP contribution in [0.1, 0.15) is 49.2 Å². The Balaban J connectivity index is 1.50. The number of aromatic nitrogens is 2. The molecule has 118 valence electrons. The molecule has 4 rings (SSSR count). The van der Waals surface area contributed by atoms with E-state index in [4.69, 9.17) is 0 Å². The van der Waals surface area contributed by atoms with E-state index in [9.17, 15) is 4.79 Å². The van der Waals surface area contributed by atoms with Gasteiger partial charge in [-0.2, -0.15) is 5.10 Å². The number of nitrogens with zero attached hydrogens (tertiary/aromatic N) is 2. The maximum atomic E-state index is 12.8. The molecule has 3 aliphatic rings. The summed E-state index contributed by atoms with van der Waals surface area (Å²) in [6, 6.07) is 0.0273. The van der Waals surface area contributed by atoms with Crippen molar-refractivity contribution in [1.82, 2.24) is 15.1 Å². The van der Waals surface area contributed by atoms with Gasteiger partial charge in [-0.3, -0.25) is 9.48 Å². The van der Waals surface area contributed by atoms with Crippen LogP contribution < -0.4 is 5.32 Å². The Morgan fingerprint density at radius 3 is 2.68 bits per heavy atom. The molecule has 0 aromatic carbocycles. The Morgan fingerprint density at radius 1 is 1.41 bits per heavy atom. The minimum atomic E-state index is 0.0273. The van der Waals surface area contributed by atoms with E-state index in [1.807, 2.05) is 18.7 Å². The first-order chi connectivity index (χ1) is 10.4. The van der Waals surface area contributed by atoms with Gasteiger partial charge in [0.15, 0.2) is 0 Å². The lowest BCUT2D eigenvalue weighted by atomic mass is 9.88. The second-order valence-electron chi connectivity index (χ2n) is 7.53. The minimum Gasteiger partial charge on any atom is -0.349 e. The molecule has 4 atom stereocenters. The van der Waals surface area contributed by atoms with Crippen LogP contribution in [0.4, 0.5) is 0 Å². The maximum Gasteiger partial charge on any atom is 0.224 e. The zero-order valence-electron chi connectivity index (χ0n) is 13.9. The quantitative estimate of drug-likeness (QED) is 0.872. The summed E-state index contributed by atoms with van der Waals surface area (Å²) in [6.45, 7) is 6.16. The van der Waals surface area contributed by atoms with Crippen molar-refractivity contribution in [2.45, 2.75) is 46.1 Å². The number of allylic oxidation sites excluding steroid dienone is 2. The number of rotatable bonds is 3. The van der Waals surface area contributed by atoms with E-state index in [2.05, 4.69) is 36.4 Å². The van der Waals surface area contributed by atoms with Gasteiger partial charge in [-0.15, -0.1) is 0 Å². The highest BCUT2D eigenvalue weighted by Crippen LogP contribution is 2.70. The number of nitrogens with one attached hydrogen (secondary N) is 1. The molecular formula is C18H25N3O. The Kier molecular flexibility index (Phi) is 2.85. The summed E-state index contributed by atoms with van der Waals surface area (Å²) in [5.41, 5.74) is 3.79. The third-order valence-corrected chi connectivity index (χ3v) is 6.42. The highest BCUT2D eigenvalue weighted by molar-refractivity contribution is 5.81. The first-order valence-corrected chi connectivity index (χ1v) is 8.43. The SMILES string of the molecule is Cc1nn(C)c(C)c1[C@@H](C)NC(=O)[C@@H]1C[C@H]2C=C[C@H]1C21CC1. The van der Waals surface area contributed by atoms with Crippen molar-refractivity contribution in [2.24, 2.45) is 30.2 Å². The van der Waals surface area contributed by atoms with Gasteiger partial charge in [-0.05, 0) is 57.3 Å². The molecule has 1 N–H and O–H groups in total. The first-order valence-electron chi connectivity index (χ1n) is 8.43. The van der Waals surface area contributed by atoms with E-state index < -0.39 is 0 Å². The molecule has 1 amide bonds. The molecular weight excluding hydrogens is 274 g/mol. The lowest BCUT2D eigenvalue weighted by Crippen LogP contribution is -2.35. The number of hydrogen-bond acceptors (Lipinski definition) is 2. The van der Waals surface area contributed by atoms with Crippen molar-refractivity contribution in [3.8, 4) is 0 Å². The minimum absolute atomic E-state index is 0.0273. The van der Waals surface area contributed by atoms with Gasteiger partial charge in [0.1, 0.15) is 0 Å². The summed E-state index contributed by atoms with van der Waals surface area (Å²) in [5.74, 6) is 1.56. The van der Waals surface area contributed by atoms with Gasteiger partial charge in [-0.25, -0.2) is 0 Å². The van der Waals surface area contributed by atoms with Crippen LogP contribution >= 0.6 is 0 Å². The molecule has 1 aromatic heterocycles. The molecule has 4 heteroatoms. The maximum absolute atomic E-state index is 12.8. The van der Waals surface area contributed by atoms with Crippen molar-refractivity contribution in [1.29, 1.82) is 0 Å². The van der Waals surface area contributed by atoms with E-state index in [0.717, 1.165) is 23.4 Å². The van der Waals surface area contributed by atoms with Crippen LogP contribution in [0, 0.1) is 37.0 Å². The van der Waals surface area contributed by atoms with E-state index in [0.29, 0.717) is 17.3 Å². The molecule has 0 radical (unpaired) electrons. The molecule has 2 saturated carbocycles. The van der Waals surface area contributed by atoms with Crippen molar-refractivity contribution >= 4 is 5.91 Å². The lowest BCUT2D eigenvalue weighted by molar-refractivity contribution is -0.126. The van der Waals surface area contributed by atoms with Crippen LogP contribution in [0.2, 0.25) is 0 Å². The molecule has 1 spiro atoms. The predicted molar refractivity (Wildman–Crippen MR) is 85.1 cm³/mol. The van der Waals surface area contributed by atoms with Crippen LogP contribution in [-0.4, -0.2) is 15.7 Å². The molecule has 4 nitrogen and oxygen atoms in total. The normalized spacial score (nSPS) is 31.7. The van der Waals surface area contributed by atoms with E-state index in [1.54, 1.807) is 0 Å². The second-order valence-corrected chi connectivity index (χ2v) is 7.53. The number of hydrogen-bond donors (Lipinski definition) is 1. The third-order valence-electron chi connectivity index (χ3n) is 6.42. The standard InChI is InChI=1S/C18H25N3O/c1-10(16-11(2)20-21(4)12(16)3)19-17(22)14-9-13-5-6-15(14)18(13)7-8-18/h5-6,10,13-15H,7-9H2,1-4H3,(H,19,22)/t10-,13-,14-,15-/m1/s1. The number of carbonyl (C=O) groups is 1. The molecule has 1 aromatic rings.